The van der Waals surface area contributed by atoms with Gasteiger partial charge in [0, 0.05) is 5.71 Å². The number of ether oxygens (including phenoxy) is 1. The summed E-state index contributed by atoms with van der Waals surface area (Å²) >= 11 is 0. The van der Waals surface area contributed by atoms with Gasteiger partial charge in [-0.2, -0.15) is 0 Å². The Morgan fingerprint density at radius 3 is 2.55 bits per heavy atom. The molecular formula is C17H22N2O3. The number of rotatable bonds is 2. The minimum absolute atomic E-state index is 0.375. The predicted molar refractivity (Wildman–Crippen MR) is 84.9 cm³/mol. The van der Waals surface area contributed by atoms with Crippen LogP contribution in [-0.4, -0.2) is 23.3 Å². The second-order valence-corrected chi connectivity index (χ2v) is 6.61. The van der Waals surface area contributed by atoms with Crippen LogP contribution in [0, 0.1) is 12.8 Å². The lowest BCUT2D eigenvalue weighted by Crippen LogP contribution is -2.45. The zero-order chi connectivity index (χ0) is 16.5. The zero-order valence-corrected chi connectivity index (χ0v) is 13.6. The van der Waals surface area contributed by atoms with E-state index >= 15 is 0 Å². The zero-order valence-electron chi connectivity index (χ0n) is 13.6. The molecule has 0 fully saturated rings. The Bertz CT molecular complexity index is 629. The number of benzene rings is 1. The van der Waals surface area contributed by atoms with Gasteiger partial charge in [0.1, 0.15) is 11.5 Å². The quantitative estimate of drug-likeness (QED) is 0.853. The molecule has 118 valence electrons. The Balaban J connectivity index is 2.39. The Labute approximate surface area is 130 Å². The van der Waals surface area contributed by atoms with Gasteiger partial charge >= 0.3 is 12.0 Å². The van der Waals surface area contributed by atoms with Crippen molar-refractivity contribution in [1.29, 1.82) is 0 Å². The van der Waals surface area contributed by atoms with E-state index in [9.17, 15) is 9.59 Å². The van der Waals surface area contributed by atoms with Crippen LogP contribution in [0.2, 0.25) is 0 Å². The van der Waals surface area contributed by atoms with Crippen molar-refractivity contribution in [1.82, 2.24) is 5.32 Å². The van der Waals surface area contributed by atoms with Crippen LogP contribution in [0.1, 0.15) is 44.9 Å². The molecular weight excluding hydrogens is 280 g/mol. The van der Waals surface area contributed by atoms with Crippen molar-refractivity contribution in [3.63, 3.8) is 0 Å². The van der Waals surface area contributed by atoms with Crippen LogP contribution in [0.5, 0.6) is 0 Å². The van der Waals surface area contributed by atoms with Gasteiger partial charge in [-0.15, -0.1) is 0 Å². The summed E-state index contributed by atoms with van der Waals surface area (Å²) in [4.78, 5) is 28.2. The normalized spacial score (nSPS) is 21.9. The molecule has 0 bridgehead atoms. The van der Waals surface area contributed by atoms with Crippen molar-refractivity contribution in [2.45, 2.75) is 46.3 Å². The number of nitrogens with zero attached hydrogens (tertiary/aromatic N) is 1. The van der Waals surface area contributed by atoms with Crippen LogP contribution in [0.4, 0.5) is 4.79 Å². The number of nitrogens with one attached hydrogen (secondary N) is 1. The van der Waals surface area contributed by atoms with Crippen molar-refractivity contribution in [2.75, 3.05) is 0 Å². The van der Waals surface area contributed by atoms with Crippen LogP contribution in [0.3, 0.4) is 0 Å². The third-order valence-corrected chi connectivity index (χ3v) is 3.40. The third kappa shape index (κ3) is 3.72. The Kier molecular flexibility index (Phi) is 4.35. The predicted octanol–water partition coefficient (Wildman–Crippen LogP) is 3.18. The smallest absolute Gasteiger partial charge is 0.341 e. The largest absolute Gasteiger partial charge is 0.459 e. The fraction of sp³-hybridized carbons (Fsp3) is 0.471. The van der Waals surface area contributed by atoms with Gasteiger partial charge in [-0.05, 0) is 40.2 Å². The SMILES string of the molecule is CC1=NC(=O)NC(c2cccc(C)c2)C1C(=O)OC(C)(C)C. The highest BCUT2D eigenvalue weighted by molar-refractivity contribution is 6.08. The molecule has 1 aliphatic rings. The lowest BCUT2D eigenvalue weighted by Gasteiger charge is -2.32. The maximum Gasteiger partial charge on any atom is 0.341 e. The first-order valence-electron chi connectivity index (χ1n) is 7.32. The number of aryl methyl sites for hydroxylation is 1. The Morgan fingerprint density at radius 2 is 1.95 bits per heavy atom. The van der Waals surface area contributed by atoms with E-state index in [-0.39, 0.29) is 5.97 Å². The molecule has 2 atom stereocenters. The van der Waals surface area contributed by atoms with Gasteiger partial charge < -0.3 is 10.1 Å². The number of carbonyl (C=O) groups excluding carboxylic acids is 2. The summed E-state index contributed by atoms with van der Waals surface area (Å²) in [6.45, 7) is 9.12. The minimum atomic E-state index is -0.612. The molecule has 0 radical (unpaired) electrons. The topological polar surface area (TPSA) is 67.8 Å². The lowest BCUT2D eigenvalue weighted by molar-refractivity contribution is -0.158. The number of urea groups is 1. The maximum absolute atomic E-state index is 12.5. The molecule has 5 nitrogen and oxygen atoms in total. The van der Waals surface area contributed by atoms with Gasteiger partial charge in [0.2, 0.25) is 0 Å². The van der Waals surface area contributed by atoms with Crippen molar-refractivity contribution in [3.05, 3.63) is 35.4 Å². The monoisotopic (exact) mass is 302 g/mol. The average Bonchev–Trinajstić information content (AvgIpc) is 2.35. The molecule has 5 heteroatoms. The fourth-order valence-corrected chi connectivity index (χ4v) is 2.53. The maximum atomic E-state index is 12.5. The summed E-state index contributed by atoms with van der Waals surface area (Å²) in [5, 5.41) is 2.78. The molecule has 0 aliphatic carbocycles. The van der Waals surface area contributed by atoms with Gasteiger partial charge in [0.15, 0.2) is 0 Å². The van der Waals surface area contributed by atoms with Crippen molar-refractivity contribution < 1.29 is 14.3 Å². The Morgan fingerprint density at radius 1 is 1.27 bits per heavy atom. The molecule has 2 rings (SSSR count). The number of hydrogen-bond acceptors (Lipinski definition) is 3. The molecule has 1 aromatic rings. The second-order valence-electron chi connectivity index (χ2n) is 6.61. The molecule has 1 heterocycles. The van der Waals surface area contributed by atoms with E-state index in [0.717, 1.165) is 11.1 Å². The standard InChI is InChI=1S/C17H22N2O3/c1-10-7-6-8-12(9-10)14-13(11(2)18-16(21)19-14)15(20)22-17(3,4)5/h6-9,13-14H,1-5H3,(H,19,21). The molecule has 1 aromatic carbocycles. The first kappa shape index (κ1) is 16.2. The van der Waals surface area contributed by atoms with Crippen LogP contribution in [0.25, 0.3) is 0 Å². The molecule has 1 N–H and O–H groups in total. The number of carbonyl (C=O) groups is 2. The summed E-state index contributed by atoms with van der Waals surface area (Å²) in [6, 6.07) is 6.85. The van der Waals surface area contributed by atoms with Crippen molar-refractivity contribution in [2.24, 2.45) is 10.9 Å². The van der Waals surface area contributed by atoms with E-state index in [4.69, 9.17) is 4.74 Å². The minimum Gasteiger partial charge on any atom is -0.459 e. The first-order valence-corrected chi connectivity index (χ1v) is 7.32. The highest BCUT2D eigenvalue weighted by Crippen LogP contribution is 2.29. The number of esters is 1. The summed E-state index contributed by atoms with van der Waals surface area (Å²) in [5.41, 5.74) is 1.83. The molecule has 0 saturated carbocycles. The van der Waals surface area contributed by atoms with Gasteiger partial charge in [-0.3, -0.25) is 4.79 Å². The van der Waals surface area contributed by atoms with E-state index in [0.29, 0.717) is 5.71 Å². The van der Waals surface area contributed by atoms with Crippen LogP contribution >= 0.6 is 0 Å². The van der Waals surface area contributed by atoms with E-state index in [2.05, 4.69) is 10.3 Å². The first-order chi connectivity index (χ1) is 10.2. The van der Waals surface area contributed by atoms with Crippen molar-refractivity contribution >= 4 is 17.7 Å². The van der Waals surface area contributed by atoms with E-state index in [1.165, 1.54) is 0 Å². The molecule has 0 aromatic heterocycles. The number of amides is 2. The van der Waals surface area contributed by atoms with Crippen LogP contribution in [0.15, 0.2) is 29.3 Å². The molecule has 2 unspecified atom stereocenters. The van der Waals surface area contributed by atoms with Crippen LogP contribution < -0.4 is 5.32 Å². The van der Waals surface area contributed by atoms with E-state index < -0.39 is 23.6 Å². The highest BCUT2D eigenvalue weighted by Gasteiger charge is 2.39. The second kappa shape index (κ2) is 5.91. The number of aliphatic imine (C=N–C) groups is 1. The molecule has 0 saturated heterocycles. The molecule has 0 spiro atoms. The lowest BCUT2D eigenvalue weighted by atomic mass is 9.87. The fourth-order valence-electron chi connectivity index (χ4n) is 2.53. The molecule has 2 amide bonds. The average molecular weight is 302 g/mol. The summed E-state index contributed by atoms with van der Waals surface area (Å²) in [6.07, 6.45) is 0. The van der Waals surface area contributed by atoms with E-state index in [1.54, 1.807) is 6.92 Å². The summed E-state index contributed by atoms with van der Waals surface area (Å²) in [7, 11) is 0. The van der Waals surface area contributed by atoms with Gasteiger partial charge in [-0.25, -0.2) is 9.79 Å². The van der Waals surface area contributed by atoms with Crippen LogP contribution in [-0.2, 0) is 9.53 Å². The third-order valence-electron chi connectivity index (χ3n) is 3.40. The van der Waals surface area contributed by atoms with Gasteiger partial charge in [-0.1, -0.05) is 29.8 Å². The Hall–Kier alpha value is -2.17. The van der Waals surface area contributed by atoms with Crippen molar-refractivity contribution in [3.8, 4) is 0 Å². The van der Waals surface area contributed by atoms with Gasteiger partial charge in [0.25, 0.3) is 0 Å². The molecule has 1 aliphatic heterocycles. The highest BCUT2D eigenvalue weighted by atomic mass is 16.6. The molecule has 22 heavy (non-hydrogen) atoms. The number of hydrogen-bond donors (Lipinski definition) is 1. The summed E-state index contributed by atoms with van der Waals surface area (Å²) in [5.74, 6) is -0.987. The van der Waals surface area contributed by atoms with E-state index in [1.807, 2.05) is 52.0 Å². The summed E-state index contributed by atoms with van der Waals surface area (Å²) < 4.78 is 5.49. The van der Waals surface area contributed by atoms with Gasteiger partial charge in [0.05, 0.1) is 6.04 Å².